The van der Waals surface area contributed by atoms with Gasteiger partial charge in [-0.05, 0) is 18.1 Å². The largest absolute Gasteiger partial charge is 0.241 e. The fraction of sp³-hybridized carbons (Fsp3) is 0.429. The van der Waals surface area contributed by atoms with Gasteiger partial charge < -0.3 is 0 Å². The van der Waals surface area contributed by atoms with Crippen molar-refractivity contribution >= 4 is 0 Å². The Morgan fingerprint density at radius 1 is 1.00 bits per heavy atom. The van der Waals surface area contributed by atoms with Gasteiger partial charge in [-0.2, -0.15) is 0 Å². The van der Waals surface area contributed by atoms with Gasteiger partial charge in [0.25, 0.3) is 0 Å². The van der Waals surface area contributed by atoms with E-state index in [4.69, 9.17) is 0 Å². The molecule has 0 saturated heterocycles. The van der Waals surface area contributed by atoms with E-state index >= 15 is 0 Å². The molecule has 0 aliphatic heterocycles. The van der Waals surface area contributed by atoms with Crippen LogP contribution in [0.2, 0.25) is 0 Å². The Kier molecular flexibility index (Phi) is 3.97. The molecule has 0 fully saturated rings. The number of aromatic nitrogens is 4. The third-order valence-corrected chi connectivity index (χ3v) is 2.83. The molecule has 94 valence electrons. The number of hydrogen-bond donors (Lipinski definition) is 0. The third kappa shape index (κ3) is 3.09. The Labute approximate surface area is 108 Å². The highest BCUT2D eigenvalue weighted by atomic mass is 14.9. The topological polar surface area (TPSA) is 51.6 Å². The molecule has 0 bridgehead atoms. The molecule has 2 heterocycles. The van der Waals surface area contributed by atoms with Gasteiger partial charge in [0.05, 0.1) is 0 Å². The van der Waals surface area contributed by atoms with E-state index in [2.05, 4.69) is 40.7 Å². The fourth-order valence-corrected chi connectivity index (χ4v) is 1.76. The van der Waals surface area contributed by atoms with E-state index in [1.165, 1.54) is 0 Å². The van der Waals surface area contributed by atoms with Gasteiger partial charge in [-0.1, -0.05) is 20.8 Å². The van der Waals surface area contributed by atoms with Crippen LogP contribution in [0, 0.1) is 0 Å². The molecule has 0 aromatic carbocycles. The van der Waals surface area contributed by atoms with E-state index in [0.29, 0.717) is 5.92 Å². The molecule has 18 heavy (non-hydrogen) atoms. The molecule has 0 radical (unpaired) electrons. The van der Waals surface area contributed by atoms with Gasteiger partial charge in [-0.3, -0.25) is 0 Å². The van der Waals surface area contributed by atoms with Crippen molar-refractivity contribution in [2.45, 2.75) is 39.0 Å². The summed E-state index contributed by atoms with van der Waals surface area (Å²) in [6.45, 7) is 6.37. The first kappa shape index (κ1) is 12.6. The Morgan fingerprint density at radius 2 is 1.72 bits per heavy atom. The van der Waals surface area contributed by atoms with Gasteiger partial charge in [0.1, 0.15) is 11.6 Å². The molecule has 4 nitrogen and oxygen atoms in total. The normalized spacial score (nSPS) is 12.7. The Bertz CT molecular complexity index is 496. The second kappa shape index (κ2) is 5.67. The number of rotatable bonds is 4. The predicted octanol–water partition coefficient (Wildman–Crippen LogP) is 2.74. The zero-order chi connectivity index (χ0) is 13.0. The molecule has 0 amide bonds. The zero-order valence-corrected chi connectivity index (χ0v) is 11.0. The summed E-state index contributed by atoms with van der Waals surface area (Å²) in [4.78, 5) is 17.4. The van der Waals surface area contributed by atoms with Gasteiger partial charge in [0, 0.05) is 36.6 Å². The molecule has 0 spiro atoms. The molecule has 1 atom stereocenters. The first-order valence-electron chi connectivity index (χ1n) is 6.25. The van der Waals surface area contributed by atoms with Crippen molar-refractivity contribution in [1.29, 1.82) is 0 Å². The molecule has 0 aliphatic carbocycles. The van der Waals surface area contributed by atoms with Gasteiger partial charge in [-0.15, -0.1) is 0 Å². The van der Waals surface area contributed by atoms with Crippen LogP contribution in [0.3, 0.4) is 0 Å². The first-order valence-corrected chi connectivity index (χ1v) is 6.25. The van der Waals surface area contributed by atoms with Crippen LogP contribution in [0.15, 0.2) is 30.7 Å². The summed E-state index contributed by atoms with van der Waals surface area (Å²) < 4.78 is 0. The van der Waals surface area contributed by atoms with Crippen molar-refractivity contribution in [2.75, 3.05) is 0 Å². The molecular formula is C14H18N4. The summed E-state index contributed by atoms with van der Waals surface area (Å²) in [7, 11) is 0. The molecule has 1 unspecified atom stereocenters. The zero-order valence-electron chi connectivity index (χ0n) is 11.0. The van der Waals surface area contributed by atoms with E-state index in [9.17, 15) is 0 Å². The standard InChI is InChI=1S/C14H18N4/c1-10(2)12-5-8-15-13(18-12)9-11(3)14-16-6-4-7-17-14/h4-8,10-11H,9H2,1-3H3. The Morgan fingerprint density at radius 3 is 2.39 bits per heavy atom. The SMILES string of the molecule is CC(C)c1ccnc(CC(C)c2ncccn2)n1. The summed E-state index contributed by atoms with van der Waals surface area (Å²) in [6.07, 6.45) is 6.13. The van der Waals surface area contributed by atoms with Gasteiger partial charge in [0.15, 0.2) is 0 Å². The molecular weight excluding hydrogens is 224 g/mol. The van der Waals surface area contributed by atoms with Gasteiger partial charge in [0.2, 0.25) is 0 Å². The maximum absolute atomic E-state index is 4.57. The van der Waals surface area contributed by atoms with Crippen LogP contribution in [0.25, 0.3) is 0 Å². The van der Waals surface area contributed by atoms with Crippen molar-refractivity contribution in [2.24, 2.45) is 0 Å². The van der Waals surface area contributed by atoms with E-state index in [1.54, 1.807) is 12.4 Å². The molecule has 0 aliphatic rings. The van der Waals surface area contributed by atoms with Gasteiger partial charge in [-0.25, -0.2) is 19.9 Å². The maximum atomic E-state index is 4.57. The summed E-state index contributed by atoms with van der Waals surface area (Å²) in [5.74, 6) is 2.36. The fourth-order valence-electron chi connectivity index (χ4n) is 1.76. The van der Waals surface area contributed by atoms with Crippen molar-refractivity contribution in [3.05, 3.63) is 48.1 Å². The molecule has 2 rings (SSSR count). The van der Waals surface area contributed by atoms with Crippen LogP contribution in [-0.4, -0.2) is 19.9 Å². The van der Waals surface area contributed by atoms with E-state index < -0.39 is 0 Å². The Hall–Kier alpha value is -1.84. The minimum atomic E-state index is 0.230. The van der Waals surface area contributed by atoms with Gasteiger partial charge >= 0.3 is 0 Å². The van der Waals surface area contributed by atoms with Crippen LogP contribution in [-0.2, 0) is 6.42 Å². The molecule has 4 heteroatoms. The average Bonchev–Trinajstić information content (AvgIpc) is 2.40. The Balaban J connectivity index is 2.12. The summed E-state index contributed by atoms with van der Waals surface area (Å²) >= 11 is 0. The van der Waals surface area contributed by atoms with E-state index in [0.717, 1.165) is 23.8 Å². The van der Waals surface area contributed by atoms with Crippen molar-refractivity contribution < 1.29 is 0 Å². The quantitative estimate of drug-likeness (QED) is 0.827. The lowest BCUT2D eigenvalue weighted by molar-refractivity contribution is 0.660. The lowest BCUT2D eigenvalue weighted by Gasteiger charge is -2.10. The number of nitrogens with zero attached hydrogens (tertiary/aromatic N) is 4. The van der Waals surface area contributed by atoms with Crippen LogP contribution < -0.4 is 0 Å². The number of hydrogen-bond acceptors (Lipinski definition) is 4. The smallest absolute Gasteiger partial charge is 0.131 e. The lowest BCUT2D eigenvalue weighted by Crippen LogP contribution is -2.07. The second-order valence-electron chi connectivity index (χ2n) is 4.76. The minimum Gasteiger partial charge on any atom is -0.241 e. The van der Waals surface area contributed by atoms with Crippen LogP contribution >= 0.6 is 0 Å². The molecule has 0 N–H and O–H groups in total. The van der Waals surface area contributed by atoms with E-state index in [-0.39, 0.29) is 5.92 Å². The lowest BCUT2D eigenvalue weighted by atomic mass is 10.1. The maximum Gasteiger partial charge on any atom is 0.131 e. The highest BCUT2D eigenvalue weighted by Crippen LogP contribution is 2.16. The molecule has 2 aromatic heterocycles. The van der Waals surface area contributed by atoms with Crippen LogP contribution in [0.4, 0.5) is 0 Å². The van der Waals surface area contributed by atoms with Crippen molar-refractivity contribution in [1.82, 2.24) is 19.9 Å². The second-order valence-corrected chi connectivity index (χ2v) is 4.76. The van der Waals surface area contributed by atoms with E-state index in [1.807, 2.05) is 18.3 Å². The van der Waals surface area contributed by atoms with Crippen LogP contribution in [0.1, 0.15) is 49.9 Å². The molecule has 0 saturated carbocycles. The van der Waals surface area contributed by atoms with Crippen LogP contribution in [0.5, 0.6) is 0 Å². The summed E-state index contributed by atoms with van der Waals surface area (Å²) in [5.41, 5.74) is 1.08. The van der Waals surface area contributed by atoms with Crippen molar-refractivity contribution in [3.63, 3.8) is 0 Å². The first-order chi connectivity index (χ1) is 8.66. The van der Waals surface area contributed by atoms with Crippen molar-refractivity contribution in [3.8, 4) is 0 Å². The molecule has 2 aromatic rings. The minimum absolute atomic E-state index is 0.230. The highest BCUT2D eigenvalue weighted by Gasteiger charge is 2.11. The third-order valence-electron chi connectivity index (χ3n) is 2.83. The average molecular weight is 242 g/mol. The summed E-state index contributed by atoms with van der Waals surface area (Å²) in [5, 5.41) is 0. The predicted molar refractivity (Wildman–Crippen MR) is 70.3 cm³/mol. The highest BCUT2D eigenvalue weighted by molar-refractivity contribution is 5.08. The summed E-state index contributed by atoms with van der Waals surface area (Å²) in [6, 6.07) is 3.80. The monoisotopic (exact) mass is 242 g/mol.